The van der Waals surface area contributed by atoms with Gasteiger partial charge in [0.05, 0.1) is 0 Å². The average Bonchev–Trinajstić information content (AvgIpc) is 2.57. The van der Waals surface area contributed by atoms with Crippen LogP contribution in [0.2, 0.25) is 0 Å². The van der Waals surface area contributed by atoms with Crippen LogP contribution in [0, 0.1) is 5.92 Å². The molecule has 1 saturated heterocycles. The molecule has 7 nitrogen and oxygen atoms in total. The topological polar surface area (TPSA) is 108 Å². The number of carbonyl (C=O) groups is 3. The molecule has 1 aromatic carbocycles. The molecular formula is C16H17N3O4S. The third-order valence-corrected chi connectivity index (χ3v) is 5.43. The molecule has 2 amide bonds. The van der Waals surface area contributed by atoms with Crippen molar-refractivity contribution in [3.63, 3.8) is 0 Å². The highest BCUT2D eigenvalue weighted by Crippen LogP contribution is 2.28. The van der Waals surface area contributed by atoms with Crippen LogP contribution in [0.25, 0.3) is 0 Å². The molecule has 3 N–H and O–H groups in total. The predicted octanol–water partition coefficient (Wildman–Crippen LogP) is 0.577. The zero-order valence-electron chi connectivity index (χ0n) is 12.9. The van der Waals surface area contributed by atoms with Gasteiger partial charge in [-0.25, -0.2) is 4.79 Å². The lowest BCUT2D eigenvalue weighted by Gasteiger charge is -2.34. The van der Waals surface area contributed by atoms with Crippen molar-refractivity contribution in [2.75, 3.05) is 5.75 Å². The second-order valence-electron chi connectivity index (χ2n) is 5.78. The Morgan fingerprint density at radius 3 is 2.58 bits per heavy atom. The predicted molar refractivity (Wildman–Crippen MR) is 89.7 cm³/mol. The van der Waals surface area contributed by atoms with Gasteiger partial charge in [0.2, 0.25) is 11.8 Å². The first-order chi connectivity index (χ1) is 11.5. The smallest absolute Gasteiger partial charge is 0.350 e. The Balaban J connectivity index is 1.79. The molecule has 0 bridgehead atoms. The summed E-state index contributed by atoms with van der Waals surface area (Å²) in [7, 11) is 0. The van der Waals surface area contributed by atoms with Crippen LogP contribution in [0.5, 0.6) is 0 Å². The van der Waals surface area contributed by atoms with Crippen LogP contribution in [-0.4, -0.2) is 45.8 Å². The second-order valence-corrected chi connectivity index (χ2v) is 6.93. The van der Waals surface area contributed by atoms with E-state index in [2.05, 4.69) is 15.6 Å². The van der Waals surface area contributed by atoms with Crippen molar-refractivity contribution in [1.29, 1.82) is 0 Å². The molecule has 1 unspecified atom stereocenters. The number of rotatable bonds is 3. The number of nitrogens with one attached hydrogen (secondary N) is 2. The van der Waals surface area contributed by atoms with Crippen molar-refractivity contribution in [3.05, 3.63) is 35.9 Å². The highest BCUT2D eigenvalue weighted by Gasteiger charge is 2.41. The molecule has 2 heterocycles. The number of piperazine rings is 1. The number of hydrogen-bond donors (Lipinski definition) is 3. The zero-order chi connectivity index (χ0) is 17.3. The van der Waals surface area contributed by atoms with Gasteiger partial charge < -0.3 is 15.7 Å². The summed E-state index contributed by atoms with van der Waals surface area (Å²) in [6, 6.07) is 7.34. The highest BCUT2D eigenvalue weighted by molar-refractivity contribution is 8.00. The number of thioether (sulfide) groups is 1. The zero-order valence-corrected chi connectivity index (χ0v) is 13.7. The van der Waals surface area contributed by atoms with Gasteiger partial charge in [0, 0.05) is 11.7 Å². The van der Waals surface area contributed by atoms with E-state index < -0.39 is 23.4 Å². The van der Waals surface area contributed by atoms with E-state index in [9.17, 15) is 19.5 Å². The molecule has 24 heavy (non-hydrogen) atoms. The number of carboxylic acids is 1. The second kappa shape index (κ2) is 6.64. The van der Waals surface area contributed by atoms with Crippen molar-refractivity contribution < 1.29 is 19.5 Å². The van der Waals surface area contributed by atoms with Crippen molar-refractivity contribution in [2.24, 2.45) is 10.9 Å². The molecule has 3 rings (SSSR count). The van der Waals surface area contributed by atoms with Crippen LogP contribution >= 0.6 is 11.8 Å². The number of aliphatic imine (C=N–C) groups is 1. The van der Waals surface area contributed by atoms with Crippen molar-refractivity contribution in [2.45, 2.75) is 24.4 Å². The number of carbonyl (C=O) groups excluding carboxylic acids is 2. The maximum absolute atomic E-state index is 12.4. The Bertz CT molecular complexity index is 707. The van der Waals surface area contributed by atoms with Gasteiger partial charge in [-0.3, -0.25) is 14.6 Å². The SMILES string of the molecule is C[C@H]1CS[C@H]([C@@H]2NC(=O)C(c3ccccc3)NC2=O)N=C1C(=O)O. The van der Waals surface area contributed by atoms with E-state index in [1.54, 1.807) is 31.2 Å². The first-order valence-electron chi connectivity index (χ1n) is 7.55. The molecule has 4 atom stereocenters. The molecule has 0 spiro atoms. The normalized spacial score (nSPS) is 30.1. The minimum atomic E-state index is -1.09. The van der Waals surface area contributed by atoms with Gasteiger partial charge >= 0.3 is 5.97 Å². The number of hydrogen-bond acceptors (Lipinski definition) is 5. The van der Waals surface area contributed by atoms with E-state index in [1.807, 2.05) is 6.07 Å². The monoisotopic (exact) mass is 347 g/mol. The minimum Gasteiger partial charge on any atom is -0.477 e. The van der Waals surface area contributed by atoms with Crippen LogP contribution in [0.3, 0.4) is 0 Å². The van der Waals surface area contributed by atoms with E-state index in [1.165, 1.54) is 11.8 Å². The average molecular weight is 347 g/mol. The first-order valence-corrected chi connectivity index (χ1v) is 8.60. The van der Waals surface area contributed by atoms with Gasteiger partial charge in [0.15, 0.2) is 0 Å². The van der Waals surface area contributed by atoms with Crippen LogP contribution in [0.15, 0.2) is 35.3 Å². The number of carboxylic acid groups (broad SMARTS) is 1. The molecular weight excluding hydrogens is 330 g/mol. The molecule has 1 aromatic rings. The van der Waals surface area contributed by atoms with E-state index in [-0.39, 0.29) is 23.4 Å². The Kier molecular flexibility index (Phi) is 4.57. The molecule has 1 fully saturated rings. The molecule has 126 valence electrons. The summed E-state index contributed by atoms with van der Waals surface area (Å²) in [6.07, 6.45) is 0. The summed E-state index contributed by atoms with van der Waals surface area (Å²) < 4.78 is 0. The number of benzene rings is 1. The van der Waals surface area contributed by atoms with E-state index >= 15 is 0 Å². The van der Waals surface area contributed by atoms with Gasteiger partial charge in [-0.05, 0) is 5.56 Å². The van der Waals surface area contributed by atoms with Crippen LogP contribution < -0.4 is 10.6 Å². The Morgan fingerprint density at radius 1 is 1.21 bits per heavy atom. The summed E-state index contributed by atoms with van der Waals surface area (Å²) in [5.74, 6) is -1.42. The van der Waals surface area contributed by atoms with Crippen LogP contribution in [0.1, 0.15) is 18.5 Å². The lowest BCUT2D eigenvalue weighted by atomic mass is 10.0. The summed E-state index contributed by atoms with van der Waals surface area (Å²) in [5.41, 5.74) is 0.743. The lowest BCUT2D eigenvalue weighted by molar-refractivity contribution is -0.136. The summed E-state index contributed by atoms with van der Waals surface area (Å²) in [6.45, 7) is 1.78. The van der Waals surface area contributed by atoms with E-state index in [4.69, 9.17) is 0 Å². The van der Waals surface area contributed by atoms with Crippen LogP contribution in [-0.2, 0) is 14.4 Å². The molecule has 0 saturated carbocycles. The third kappa shape index (κ3) is 3.14. The fourth-order valence-electron chi connectivity index (χ4n) is 2.74. The van der Waals surface area contributed by atoms with Gasteiger partial charge in [-0.1, -0.05) is 37.3 Å². The highest BCUT2D eigenvalue weighted by atomic mass is 32.2. The first kappa shape index (κ1) is 16.5. The van der Waals surface area contributed by atoms with Crippen molar-refractivity contribution in [3.8, 4) is 0 Å². The molecule has 0 radical (unpaired) electrons. The Morgan fingerprint density at radius 2 is 1.92 bits per heavy atom. The van der Waals surface area contributed by atoms with Crippen LogP contribution in [0.4, 0.5) is 0 Å². The molecule has 2 aliphatic rings. The number of amides is 2. The van der Waals surface area contributed by atoms with Gasteiger partial charge in [-0.2, -0.15) is 0 Å². The van der Waals surface area contributed by atoms with Crippen molar-refractivity contribution >= 4 is 35.3 Å². The number of nitrogens with zero attached hydrogens (tertiary/aromatic N) is 1. The van der Waals surface area contributed by atoms with E-state index in [0.29, 0.717) is 11.3 Å². The minimum absolute atomic E-state index is 0.0472. The van der Waals surface area contributed by atoms with Crippen molar-refractivity contribution in [1.82, 2.24) is 10.6 Å². The van der Waals surface area contributed by atoms with Gasteiger partial charge in [0.1, 0.15) is 23.2 Å². The fourth-order valence-corrected chi connectivity index (χ4v) is 3.96. The molecule has 8 heteroatoms. The quantitative estimate of drug-likeness (QED) is 0.741. The molecule has 0 aromatic heterocycles. The fraction of sp³-hybridized carbons (Fsp3) is 0.375. The maximum atomic E-state index is 12.4. The summed E-state index contributed by atoms with van der Waals surface area (Å²) in [4.78, 5) is 40.2. The molecule has 2 aliphatic heterocycles. The largest absolute Gasteiger partial charge is 0.477 e. The third-order valence-electron chi connectivity index (χ3n) is 4.02. The Labute approximate surface area is 142 Å². The lowest BCUT2D eigenvalue weighted by Crippen LogP contribution is -2.61. The Hall–Kier alpha value is -2.35. The van der Waals surface area contributed by atoms with Gasteiger partial charge in [0.25, 0.3) is 0 Å². The number of aliphatic carboxylic acids is 1. The maximum Gasteiger partial charge on any atom is 0.350 e. The van der Waals surface area contributed by atoms with Gasteiger partial charge in [-0.15, -0.1) is 11.8 Å². The van der Waals surface area contributed by atoms with E-state index in [0.717, 1.165) is 0 Å². The molecule has 0 aliphatic carbocycles. The summed E-state index contributed by atoms with van der Waals surface area (Å²) in [5, 5.41) is 14.0. The summed E-state index contributed by atoms with van der Waals surface area (Å²) >= 11 is 1.38. The standard InChI is InChI=1S/C16H17N3O4S/c1-8-7-24-15(19-10(8)16(22)23)12-14(21)17-11(13(20)18-12)9-5-3-2-4-6-9/h2-6,8,11-12,15H,7H2,1H3,(H,17,21)(H,18,20)(H,22,23)/t8-,11?,12+,15+/m0/s1.